The van der Waals surface area contributed by atoms with Crippen molar-refractivity contribution < 1.29 is 9.53 Å². The molecule has 0 fully saturated rings. The molecule has 1 aromatic heterocycles. The van der Waals surface area contributed by atoms with Crippen LogP contribution in [0.5, 0.6) is 5.75 Å². The Morgan fingerprint density at radius 3 is 2.27 bits per heavy atom. The Morgan fingerprint density at radius 2 is 1.61 bits per heavy atom. The minimum Gasteiger partial charge on any atom is -0.494 e. The number of pyridine rings is 1. The van der Waals surface area contributed by atoms with Gasteiger partial charge in [-0.05, 0) is 81.4 Å². The van der Waals surface area contributed by atoms with Gasteiger partial charge in [0.25, 0.3) is 5.91 Å². The van der Waals surface area contributed by atoms with Crippen LogP contribution in [0.4, 0.5) is 11.4 Å². The van der Waals surface area contributed by atoms with E-state index in [0.29, 0.717) is 12.2 Å². The van der Waals surface area contributed by atoms with Crippen LogP contribution in [0.15, 0.2) is 78.9 Å². The van der Waals surface area contributed by atoms with Crippen LogP contribution in [0.2, 0.25) is 0 Å². The van der Waals surface area contributed by atoms with Crippen LogP contribution in [0.3, 0.4) is 0 Å². The van der Waals surface area contributed by atoms with Gasteiger partial charge in [-0.15, -0.1) is 0 Å². The molecule has 0 aliphatic carbocycles. The number of hydrogen-bond acceptors (Lipinski definition) is 4. The Morgan fingerprint density at radius 1 is 0.909 bits per heavy atom. The summed E-state index contributed by atoms with van der Waals surface area (Å²) in [7, 11) is 0. The molecule has 1 N–H and O–H groups in total. The van der Waals surface area contributed by atoms with Gasteiger partial charge in [-0.25, -0.2) is 4.98 Å². The first-order chi connectivity index (χ1) is 16.1. The van der Waals surface area contributed by atoms with Gasteiger partial charge in [0.05, 0.1) is 23.4 Å². The monoisotopic (exact) mass is 439 g/mol. The maximum absolute atomic E-state index is 13.3. The van der Waals surface area contributed by atoms with Gasteiger partial charge in [-0.3, -0.25) is 4.79 Å². The topological polar surface area (TPSA) is 54.5 Å². The van der Waals surface area contributed by atoms with E-state index in [2.05, 4.69) is 24.1 Å². The fourth-order valence-electron chi connectivity index (χ4n) is 3.94. The van der Waals surface area contributed by atoms with Crippen LogP contribution < -0.4 is 15.0 Å². The van der Waals surface area contributed by atoms with Crippen LogP contribution in [0.25, 0.3) is 22.2 Å². The van der Waals surface area contributed by atoms with Crippen LogP contribution >= 0.6 is 0 Å². The normalized spacial score (nSPS) is 10.8. The third-order valence-electron chi connectivity index (χ3n) is 5.68. The maximum atomic E-state index is 13.3. The highest BCUT2D eigenvalue weighted by molar-refractivity contribution is 6.13. The Kier molecular flexibility index (Phi) is 6.89. The highest BCUT2D eigenvalue weighted by Gasteiger charge is 2.15. The van der Waals surface area contributed by atoms with Crippen molar-refractivity contribution >= 4 is 28.2 Å². The zero-order valence-corrected chi connectivity index (χ0v) is 19.3. The number of hydrogen-bond donors (Lipinski definition) is 1. The van der Waals surface area contributed by atoms with Gasteiger partial charge in [0.1, 0.15) is 5.75 Å². The highest BCUT2D eigenvalue weighted by Crippen LogP contribution is 2.27. The number of amides is 1. The van der Waals surface area contributed by atoms with E-state index >= 15 is 0 Å². The molecule has 5 nitrogen and oxygen atoms in total. The largest absolute Gasteiger partial charge is 0.494 e. The van der Waals surface area contributed by atoms with Crippen molar-refractivity contribution in [2.75, 3.05) is 29.9 Å². The number of nitrogens with zero attached hydrogens (tertiary/aromatic N) is 2. The second-order valence-electron chi connectivity index (χ2n) is 7.70. The number of fused-ring (bicyclic) bond motifs is 1. The number of anilines is 2. The van der Waals surface area contributed by atoms with Gasteiger partial charge in [0.15, 0.2) is 0 Å². The van der Waals surface area contributed by atoms with Crippen molar-refractivity contribution in [2.24, 2.45) is 0 Å². The molecule has 4 aromatic rings. The molecule has 0 saturated heterocycles. The van der Waals surface area contributed by atoms with E-state index in [1.807, 2.05) is 85.8 Å². The Balaban J connectivity index is 1.65. The third kappa shape index (κ3) is 4.98. The number of para-hydroxylation sites is 1. The summed E-state index contributed by atoms with van der Waals surface area (Å²) in [5.74, 6) is 0.657. The van der Waals surface area contributed by atoms with Crippen molar-refractivity contribution in [2.45, 2.75) is 20.8 Å². The Bertz CT molecular complexity index is 1230. The van der Waals surface area contributed by atoms with E-state index in [1.165, 1.54) is 0 Å². The SMILES string of the molecule is CCOc1ccc(-c2cc(C(=O)Nc3ccc(N(CC)CC)cc3)c3ccccc3n2)cc1. The smallest absolute Gasteiger partial charge is 0.256 e. The van der Waals surface area contributed by atoms with Crippen molar-refractivity contribution in [3.63, 3.8) is 0 Å². The van der Waals surface area contributed by atoms with E-state index in [-0.39, 0.29) is 5.91 Å². The van der Waals surface area contributed by atoms with Gasteiger partial charge < -0.3 is 15.0 Å². The third-order valence-corrected chi connectivity index (χ3v) is 5.68. The van der Waals surface area contributed by atoms with E-state index in [0.717, 1.165) is 52.4 Å². The predicted molar refractivity (Wildman–Crippen MR) is 136 cm³/mol. The number of benzene rings is 3. The summed E-state index contributed by atoms with van der Waals surface area (Å²) in [6, 6.07) is 25.3. The van der Waals surface area contributed by atoms with E-state index in [1.54, 1.807) is 0 Å². The molecule has 0 unspecified atom stereocenters. The standard InChI is InChI=1S/C28H29N3O2/c1-4-31(5-2)22-15-13-21(14-16-22)29-28(32)25-19-27(30-26-10-8-7-9-24(25)26)20-11-17-23(18-12-20)33-6-3/h7-19H,4-6H2,1-3H3,(H,29,32). The van der Waals surface area contributed by atoms with Gasteiger partial charge >= 0.3 is 0 Å². The number of nitrogens with one attached hydrogen (secondary N) is 1. The number of rotatable bonds is 8. The summed E-state index contributed by atoms with van der Waals surface area (Å²) in [5.41, 5.74) is 4.97. The van der Waals surface area contributed by atoms with Gasteiger partial charge in [0.2, 0.25) is 0 Å². The summed E-state index contributed by atoms with van der Waals surface area (Å²) in [6.07, 6.45) is 0. The van der Waals surface area contributed by atoms with Gasteiger partial charge in [-0.1, -0.05) is 18.2 Å². The average molecular weight is 440 g/mol. The molecule has 1 amide bonds. The van der Waals surface area contributed by atoms with Gasteiger partial charge in [0, 0.05) is 35.4 Å². The fraction of sp³-hybridized carbons (Fsp3) is 0.214. The zero-order valence-electron chi connectivity index (χ0n) is 19.3. The molecule has 5 heteroatoms. The van der Waals surface area contributed by atoms with Crippen LogP contribution in [0, 0.1) is 0 Å². The number of ether oxygens (including phenoxy) is 1. The maximum Gasteiger partial charge on any atom is 0.256 e. The number of carbonyl (C=O) groups is 1. The average Bonchev–Trinajstić information content (AvgIpc) is 2.86. The number of aromatic nitrogens is 1. The lowest BCUT2D eigenvalue weighted by molar-refractivity contribution is 0.102. The molecule has 0 atom stereocenters. The lowest BCUT2D eigenvalue weighted by Crippen LogP contribution is -2.21. The number of carbonyl (C=O) groups excluding carboxylic acids is 1. The molecule has 33 heavy (non-hydrogen) atoms. The molecule has 0 spiro atoms. The molecule has 3 aromatic carbocycles. The van der Waals surface area contributed by atoms with Crippen molar-refractivity contribution in [1.29, 1.82) is 0 Å². The van der Waals surface area contributed by atoms with Gasteiger partial charge in [-0.2, -0.15) is 0 Å². The summed E-state index contributed by atoms with van der Waals surface area (Å²) >= 11 is 0. The molecule has 0 aliphatic rings. The zero-order chi connectivity index (χ0) is 23.2. The van der Waals surface area contributed by atoms with E-state index in [4.69, 9.17) is 9.72 Å². The van der Waals surface area contributed by atoms with Crippen molar-refractivity contribution in [3.8, 4) is 17.0 Å². The molecule has 0 radical (unpaired) electrons. The van der Waals surface area contributed by atoms with Crippen LogP contribution in [-0.4, -0.2) is 30.6 Å². The Hall–Kier alpha value is -3.86. The van der Waals surface area contributed by atoms with E-state index in [9.17, 15) is 4.79 Å². The van der Waals surface area contributed by atoms with E-state index < -0.39 is 0 Å². The molecule has 0 saturated carbocycles. The minimum atomic E-state index is -0.156. The molecule has 0 aliphatic heterocycles. The second kappa shape index (κ2) is 10.2. The predicted octanol–water partition coefficient (Wildman–Crippen LogP) is 6.40. The molecule has 4 rings (SSSR count). The quantitative estimate of drug-likeness (QED) is 0.345. The van der Waals surface area contributed by atoms with Crippen LogP contribution in [-0.2, 0) is 0 Å². The Labute approximate surface area is 195 Å². The second-order valence-corrected chi connectivity index (χ2v) is 7.70. The summed E-state index contributed by atoms with van der Waals surface area (Å²) in [6.45, 7) is 8.74. The molecule has 0 bridgehead atoms. The molecular weight excluding hydrogens is 410 g/mol. The summed E-state index contributed by atoms with van der Waals surface area (Å²) in [4.78, 5) is 20.4. The first-order valence-corrected chi connectivity index (χ1v) is 11.4. The first kappa shape index (κ1) is 22.3. The molecule has 168 valence electrons. The minimum absolute atomic E-state index is 0.156. The molecular formula is C28H29N3O2. The first-order valence-electron chi connectivity index (χ1n) is 11.4. The van der Waals surface area contributed by atoms with Crippen molar-refractivity contribution in [3.05, 3.63) is 84.4 Å². The fourth-order valence-corrected chi connectivity index (χ4v) is 3.94. The van der Waals surface area contributed by atoms with Crippen LogP contribution in [0.1, 0.15) is 31.1 Å². The summed E-state index contributed by atoms with van der Waals surface area (Å²) < 4.78 is 5.55. The van der Waals surface area contributed by atoms with Crippen molar-refractivity contribution in [1.82, 2.24) is 4.98 Å². The lowest BCUT2D eigenvalue weighted by atomic mass is 10.0. The summed E-state index contributed by atoms with van der Waals surface area (Å²) in [5, 5.41) is 3.88. The lowest BCUT2D eigenvalue weighted by Gasteiger charge is -2.21. The molecule has 1 heterocycles. The highest BCUT2D eigenvalue weighted by atomic mass is 16.5.